The van der Waals surface area contributed by atoms with Crippen LogP contribution in [0, 0.1) is 6.92 Å². The summed E-state index contributed by atoms with van der Waals surface area (Å²) in [5.74, 6) is 1.74. The molecule has 3 heteroatoms. The van der Waals surface area contributed by atoms with Crippen LogP contribution in [0.1, 0.15) is 107 Å². The zero-order chi connectivity index (χ0) is 43.0. The van der Waals surface area contributed by atoms with E-state index in [2.05, 4.69) is 230 Å². The summed E-state index contributed by atoms with van der Waals surface area (Å²) in [6, 6.07) is 60.9. The van der Waals surface area contributed by atoms with Gasteiger partial charge in [-0.3, -0.25) is 0 Å². The van der Waals surface area contributed by atoms with Crippen LogP contribution in [-0.4, -0.2) is 6.71 Å². The molecule has 2 aliphatic rings. The van der Waals surface area contributed by atoms with E-state index in [4.69, 9.17) is 0 Å². The van der Waals surface area contributed by atoms with Gasteiger partial charge in [-0.15, -0.1) is 0 Å². The van der Waals surface area contributed by atoms with E-state index in [-0.39, 0.29) is 6.71 Å². The third-order valence-electron chi connectivity index (χ3n) is 13.6. The van der Waals surface area contributed by atoms with Crippen molar-refractivity contribution in [1.82, 2.24) is 0 Å². The Balaban J connectivity index is 1.27. The first-order valence-electron chi connectivity index (χ1n) is 22.8. The van der Waals surface area contributed by atoms with E-state index < -0.39 is 0 Å². The summed E-state index contributed by atoms with van der Waals surface area (Å²) in [5.41, 5.74) is 23.0. The predicted octanol–water partition coefficient (Wildman–Crippen LogP) is 15.1. The standard InChI is InChI=1S/C59H57BN2/c1-36(2)41-14-18-44(19-15-41)49-30-50(45-20-16-42(17-21-45)37(3)4)33-52(32-49)62-56-27-24-47(39(7)8)35-54(56)60-53-34-46(38(5)6)23-26-55(53)61(57-28-40(9)29-58(62)59(57)60)51-25-22-43-12-10-11-13-48(43)31-51/h10-39H,1-9H3. The van der Waals surface area contributed by atoms with Crippen LogP contribution in [0.4, 0.5) is 34.1 Å². The van der Waals surface area contributed by atoms with Gasteiger partial charge in [-0.1, -0.05) is 159 Å². The number of fused-ring (bicyclic) bond motifs is 5. The van der Waals surface area contributed by atoms with Crippen LogP contribution in [0.15, 0.2) is 158 Å². The van der Waals surface area contributed by atoms with Crippen LogP contribution < -0.4 is 26.2 Å². The minimum Gasteiger partial charge on any atom is -0.311 e. The molecule has 0 unspecified atom stereocenters. The number of hydrogen-bond acceptors (Lipinski definition) is 2. The molecule has 0 aromatic heterocycles. The van der Waals surface area contributed by atoms with Gasteiger partial charge in [0.15, 0.2) is 0 Å². The molecule has 0 bridgehead atoms. The second kappa shape index (κ2) is 15.5. The fourth-order valence-electron chi connectivity index (χ4n) is 9.96. The summed E-state index contributed by atoms with van der Waals surface area (Å²) in [4.78, 5) is 5.15. The summed E-state index contributed by atoms with van der Waals surface area (Å²) >= 11 is 0. The van der Waals surface area contributed by atoms with Crippen molar-refractivity contribution in [3.63, 3.8) is 0 Å². The van der Waals surface area contributed by atoms with E-state index in [1.165, 1.54) is 111 Å². The van der Waals surface area contributed by atoms with E-state index in [0.29, 0.717) is 23.7 Å². The van der Waals surface area contributed by atoms with Gasteiger partial charge in [0.05, 0.1) is 0 Å². The van der Waals surface area contributed by atoms with Gasteiger partial charge in [0.25, 0.3) is 6.71 Å². The van der Waals surface area contributed by atoms with Crippen molar-refractivity contribution >= 4 is 68.0 Å². The fourth-order valence-corrected chi connectivity index (χ4v) is 9.96. The summed E-state index contributed by atoms with van der Waals surface area (Å²) in [7, 11) is 0. The lowest BCUT2D eigenvalue weighted by atomic mass is 9.33. The Hall–Kier alpha value is -6.32. The molecule has 2 aliphatic heterocycles. The Kier molecular flexibility index (Phi) is 9.98. The highest BCUT2D eigenvalue weighted by molar-refractivity contribution is 7.00. The highest BCUT2D eigenvalue weighted by Gasteiger charge is 2.44. The van der Waals surface area contributed by atoms with E-state index in [1.54, 1.807) is 0 Å². The zero-order valence-corrected chi connectivity index (χ0v) is 37.8. The van der Waals surface area contributed by atoms with Gasteiger partial charge in [-0.25, -0.2) is 0 Å². The van der Waals surface area contributed by atoms with Crippen molar-refractivity contribution in [3.05, 3.63) is 186 Å². The van der Waals surface area contributed by atoms with Crippen molar-refractivity contribution in [1.29, 1.82) is 0 Å². The molecule has 306 valence electrons. The Labute approximate surface area is 370 Å². The van der Waals surface area contributed by atoms with E-state index in [1.807, 2.05) is 0 Å². The first-order chi connectivity index (χ1) is 29.9. The number of anilines is 6. The third kappa shape index (κ3) is 6.83. The molecule has 10 rings (SSSR count). The lowest BCUT2D eigenvalue weighted by molar-refractivity contribution is 0.867. The van der Waals surface area contributed by atoms with Crippen molar-refractivity contribution in [2.24, 2.45) is 0 Å². The molecule has 2 heterocycles. The third-order valence-corrected chi connectivity index (χ3v) is 13.6. The van der Waals surface area contributed by atoms with Gasteiger partial charge in [0.1, 0.15) is 0 Å². The SMILES string of the molecule is Cc1cc2c3c(c1)N(c1ccc4ccccc4c1)c1ccc(C(C)C)cc1B3c1cc(C(C)C)ccc1N2c1cc(-c2ccc(C(C)C)cc2)cc(-c2ccc(C(C)C)cc2)c1. The highest BCUT2D eigenvalue weighted by Crippen LogP contribution is 2.47. The van der Waals surface area contributed by atoms with Crippen LogP contribution in [0.3, 0.4) is 0 Å². The molecule has 0 saturated carbocycles. The predicted molar refractivity (Wildman–Crippen MR) is 270 cm³/mol. The lowest BCUT2D eigenvalue weighted by Gasteiger charge is -2.45. The smallest absolute Gasteiger partial charge is 0.252 e. The van der Waals surface area contributed by atoms with Gasteiger partial charge in [-0.05, 0) is 162 Å². The summed E-state index contributed by atoms with van der Waals surface area (Å²) < 4.78 is 0. The maximum absolute atomic E-state index is 2.59. The molecule has 0 N–H and O–H groups in total. The van der Waals surface area contributed by atoms with Gasteiger partial charge in [0.2, 0.25) is 0 Å². The van der Waals surface area contributed by atoms with Gasteiger partial charge >= 0.3 is 0 Å². The minimum absolute atomic E-state index is 0.0609. The summed E-state index contributed by atoms with van der Waals surface area (Å²) in [5, 5.41) is 2.50. The Morgan fingerprint density at radius 1 is 0.355 bits per heavy atom. The first-order valence-corrected chi connectivity index (χ1v) is 22.8. The molecule has 0 fully saturated rings. The van der Waals surface area contributed by atoms with E-state index in [9.17, 15) is 0 Å². The summed E-state index contributed by atoms with van der Waals surface area (Å²) in [6.45, 7) is 20.7. The molecule has 0 atom stereocenters. The molecule has 2 nitrogen and oxygen atoms in total. The van der Waals surface area contributed by atoms with Crippen LogP contribution in [-0.2, 0) is 0 Å². The molecule has 0 radical (unpaired) electrons. The largest absolute Gasteiger partial charge is 0.311 e. The second-order valence-electron chi connectivity index (χ2n) is 19.1. The van der Waals surface area contributed by atoms with Crippen molar-refractivity contribution in [2.75, 3.05) is 9.80 Å². The molecule has 62 heavy (non-hydrogen) atoms. The molecule has 8 aromatic carbocycles. The van der Waals surface area contributed by atoms with Crippen LogP contribution >= 0.6 is 0 Å². The molecular weight excluding hydrogens is 747 g/mol. The molecule has 0 spiro atoms. The number of benzene rings is 8. The van der Waals surface area contributed by atoms with Crippen molar-refractivity contribution in [2.45, 2.75) is 86.0 Å². The van der Waals surface area contributed by atoms with Crippen molar-refractivity contribution in [3.8, 4) is 22.3 Å². The van der Waals surface area contributed by atoms with Gasteiger partial charge in [0, 0.05) is 34.1 Å². The maximum atomic E-state index is 2.59. The number of nitrogens with zero attached hydrogens (tertiary/aromatic N) is 2. The normalized spacial score (nSPS) is 13.1. The molecule has 0 amide bonds. The summed E-state index contributed by atoms with van der Waals surface area (Å²) in [6.07, 6.45) is 0. The number of aryl methyl sites for hydroxylation is 1. The zero-order valence-electron chi connectivity index (χ0n) is 37.8. The monoisotopic (exact) mass is 804 g/mol. The second-order valence-corrected chi connectivity index (χ2v) is 19.1. The van der Waals surface area contributed by atoms with Gasteiger partial charge in [-0.2, -0.15) is 0 Å². The Morgan fingerprint density at radius 2 is 0.806 bits per heavy atom. The average Bonchev–Trinajstić information content (AvgIpc) is 3.28. The van der Waals surface area contributed by atoms with Crippen LogP contribution in [0.2, 0.25) is 0 Å². The maximum Gasteiger partial charge on any atom is 0.252 e. The minimum atomic E-state index is 0.0609. The topological polar surface area (TPSA) is 6.48 Å². The Morgan fingerprint density at radius 3 is 1.29 bits per heavy atom. The Bertz CT molecular complexity index is 2920. The van der Waals surface area contributed by atoms with E-state index in [0.717, 1.165) is 0 Å². The highest BCUT2D eigenvalue weighted by atomic mass is 15.2. The van der Waals surface area contributed by atoms with Gasteiger partial charge < -0.3 is 9.80 Å². The van der Waals surface area contributed by atoms with E-state index >= 15 is 0 Å². The first kappa shape index (κ1) is 39.8. The van der Waals surface area contributed by atoms with Crippen molar-refractivity contribution < 1.29 is 0 Å². The molecule has 8 aromatic rings. The molecule has 0 saturated heterocycles. The quantitative estimate of drug-likeness (QED) is 0.141. The van der Waals surface area contributed by atoms with Crippen LogP contribution in [0.5, 0.6) is 0 Å². The number of rotatable bonds is 8. The van der Waals surface area contributed by atoms with Crippen LogP contribution in [0.25, 0.3) is 33.0 Å². The fraction of sp³-hybridized carbons (Fsp3) is 0.220. The molecule has 0 aliphatic carbocycles. The molecular formula is C59H57BN2. The lowest BCUT2D eigenvalue weighted by Crippen LogP contribution is -2.61. The number of hydrogen-bond donors (Lipinski definition) is 0. The average molecular weight is 805 g/mol.